The molecule has 0 aromatic rings. The summed E-state index contributed by atoms with van der Waals surface area (Å²) < 4.78 is 15.0. The number of aliphatic carboxylic acids is 1. The smallest absolute Gasteiger partial charge is 0.364 e. The monoisotopic (exact) mass is 250 g/mol. The number of rotatable bonds is 1. The van der Waals surface area contributed by atoms with Gasteiger partial charge >= 0.3 is 5.97 Å². The molecule has 2 heterocycles. The van der Waals surface area contributed by atoms with Crippen molar-refractivity contribution in [1.82, 2.24) is 0 Å². The van der Waals surface area contributed by atoms with E-state index in [1.807, 2.05) is 0 Å². The van der Waals surface area contributed by atoms with E-state index in [0.29, 0.717) is 0 Å². The normalized spacial score (nSPS) is 50.7. The molecule has 2 saturated heterocycles. The molecule has 2 aliphatic heterocycles. The van der Waals surface area contributed by atoms with Crippen molar-refractivity contribution in [3.63, 3.8) is 0 Å². The van der Waals surface area contributed by atoms with Gasteiger partial charge in [0.25, 0.3) is 5.79 Å². The summed E-state index contributed by atoms with van der Waals surface area (Å²) in [6, 6.07) is 0. The summed E-state index contributed by atoms with van der Waals surface area (Å²) in [5.41, 5.74) is 0. The Morgan fingerprint density at radius 3 is 2.53 bits per heavy atom. The molecule has 0 saturated carbocycles. The number of aliphatic hydroxyl groups is 3. The molecule has 0 aliphatic carbocycles. The van der Waals surface area contributed by atoms with E-state index in [0.717, 1.165) is 0 Å². The molecule has 0 aromatic carbocycles. The molecular formula is C9H14O8. The fourth-order valence-electron chi connectivity index (χ4n) is 1.85. The van der Waals surface area contributed by atoms with E-state index in [-0.39, 0.29) is 6.61 Å². The summed E-state index contributed by atoms with van der Waals surface area (Å²) in [6.07, 6.45) is -6.43. The Hall–Kier alpha value is -0.770. The van der Waals surface area contributed by atoms with E-state index in [9.17, 15) is 20.1 Å². The van der Waals surface area contributed by atoms with Gasteiger partial charge in [-0.1, -0.05) is 0 Å². The number of hydrogen-bond acceptors (Lipinski definition) is 7. The predicted molar refractivity (Wildman–Crippen MR) is 49.8 cm³/mol. The van der Waals surface area contributed by atoms with Gasteiger partial charge in [0.2, 0.25) is 0 Å². The lowest BCUT2D eigenvalue weighted by molar-refractivity contribution is -0.373. The molecule has 2 aliphatic rings. The number of aliphatic hydroxyl groups excluding tert-OH is 3. The zero-order valence-electron chi connectivity index (χ0n) is 9.02. The maximum absolute atomic E-state index is 10.9. The number of ether oxygens (including phenoxy) is 3. The Labute approximate surface area is 96.3 Å². The first-order chi connectivity index (χ1) is 7.85. The Kier molecular flexibility index (Phi) is 3.10. The van der Waals surface area contributed by atoms with Gasteiger partial charge in [0.15, 0.2) is 6.29 Å². The van der Waals surface area contributed by atoms with Crippen molar-refractivity contribution in [1.29, 1.82) is 0 Å². The SMILES string of the molecule is C[C@]1(C(=O)O)OC[C@@H]2O[C@@H](O)[C@@H](O)[C@@H](O)[C@H]2O1. The molecule has 0 spiro atoms. The van der Waals surface area contributed by atoms with Crippen molar-refractivity contribution in [2.45, 2.75) is 43.4 Å². The highest BCUT2D eigenvalue weighted by Gasteiger charge is 2.53. The molecule has 0 bridgehead atoms. The molecule has 0 aromatic heterocycles. The largest absolute Gasteiger partial charge is 0.477 e. The van der Waals surface area contributed by atoms with Gasteiger partial charge in [-0.05, 0) is 0 Å². The third-order valence-corrected chi connectivity index (χ3v) is 2.93. The molecule has 17 heavy (non-hydrogen) atoms. The van der Waals surface area contributed by atoms with Crippen LogP contribution in [0.4, 0.5) is 0 Å². The van der Waals surface area contributed by atoms with Crippen LogP contribution in [-0.4, -0.2) is 69.5 Å². The summed E-state index contributed by atoms with van der Waals surface area (Å²) >= 11 is 0. The Morgan fingerprint density at radius 1 is 1.29 bits per heavy atom. The van der Waals surface area contributed by atoms with E-state index >= 15 is 0 Å². The Balaban J connectivity index is 2.16. The van der Waals surface area contributed by atoms with Crippen LogP contribution < -0.4 is 0 Å². The summed E-state index contributed by atoms with van der Waals surface area (Å²) in [5, 5.41) is 37.3. The van der Waals surface area contributed by atoms with Crippen LogP contribution in [0, 0.1) is 0 Å². The number of hydrogen-bond donors (Lipinski definition) is 4. The number of carbonyl (C=O) groups is 1. The number of carboxylic acids is 1. The van der Waals surface area contributed by atoms with E-state index in [4.69, 9.17) is 19.3 Å². The van der Waals surface area contributed by atoms with E-state index in [1.165, 1.54) is 6.92 Å². The van der Waals surface area contributed by atoms with Crippen LogP contribution in [0.25, 0.3) is 0 Å². The van der Waals surface area contributed by atoms with Gasteiger partial charge < -0.3 is 34.6 Å². The lowest BCUT2D eigenvalue weighted by atomic mass is 9.97. The van der Waals surface area contributed by atoms with Crippen LogP contribution in [0.3, 0.4) is 0 Å². The lowest BCUT2D eigenvalue weighted by Gasteiger charge is -2.47. The molecular weight excluding hydrogens is 236 g/mol. The fraction of sp³-hybridized carbons (Fsp3) is 0.889. The second kappa shape index (κ2) is 4.16. The summed E-state index contributed by atoms with van der Waals surface area (Å²) in [7, 11) is 0. The van der Waals surface area contributed by atoms with E-state index < -0.39 is 42.5 Å². The lowest BCUT2D eigenvalue weighted by Crippen LogP contribution is -2.66. The third kappa shape index (κ3) is 2.03. The highest BCUT2D eigenvalue weighted by atomic mass is 16.8. The predicted octanol–water partition coefficient (Wildman–Crippen LogP) is -2.36. The maximum atomic E-state index is 10.9. The topological polar surface area (TPSA) is 126 Å². The average Bonchev–Trinajstić information content (AvgIpc) is 2.27. The second-order valence-electron chi connectivity index (χ2n) is 4.19. The average molecular weight is 250 g/mol. The molecule has 8 heteroatoms. The van der Waals surface area contributed by atoms with Crippen LogP contribution in [0.1, 0.15) is 6.92 Å². The highest BCUT2D eigenvalue weighted by molar-refractivity contribution is 5.75. The van der Waals surface area contributed by atoms with Crippen LogP contribution in [0.15, 0.2) is 0 Å². The minimum absolute atomic E-state index is 0.158. The zero-order chi connectivity index (χ0) is 12.8. The molecule has 6 atom stereocenters. The van der Waals surface area contributed by atoms with Crippen LogP contribution in [0.2, 0.25) is 0 Å². The second-order valence-corrected chi connectivity index (χ2v) is 4.19. The fourth-order valence-corrected chi connectivity index (χ4v) is 1.85. The first kappa shape index (κ1) is 12.7. The Bertz CT molecular complexity index is 318. The molecule has 0 amide bonds. The van der Waals surface area contributed by atoms with Gasteiger partial charge in [-0.15, -0.1) is 0 Å². The summed E-state index contributed by atoms with van der Waals surface area (Å²) in [5.74, 6) is -3.24. The maximum Gasteiger partial charge on any atom is 0.364 e. The van der Waals surface area contributed by atoms with Gasteiger partial charge in [0.1, 0.15) is 24.4 Å². The van der Waals surface area contributed by atoms with E-state index in [1.54, 1.807) is 0 Å². The van der Waals surface area contributed by atoms with Crippen LogP contribution in [0.5, 0.6) is 0 Å². The van der Waals surface area contributed by atoms with Gasteiger partial charge in [-0.3, -0.25) is 0 Å². The molecule has 98 valence electrons. The summed E-state index contributed by atoms with van der Waals surface area (Å²) in [4.78, 5) is 10.9. The van der Waals surface area contributed by atoms with Crippen molar-refractivity contribution in [3.05, 3.63) is 0 Å². The first-order valence-electron chi connectivity index (χ1n) is 5.10. The summed E-state index contributed by atoms with van der Waals surface area (Å²) in [6.45, 7) is 1.03. The first-order valence-corrected chi connectivity index (χ1v) is 5.10. The molecule has 0 radical (unpaired) electrons. The van der Waals surface area contributed by atoms with Gasteiger partial charge in [0, 0.05) is 6.92 Å². The number of carboxylic acid groups (broad SMARTS) is 1. The van der Waals surface area contributed by atoms with Crippen LogP contribution >= 0.6 is 0 Å². The molecule has 2 rings (SSSR count). The molecule has 0 unspecified atom stereocenters. The molecule has 4 N–H and O–H groups in total. The minimum Gasteiger partial charge on any atom is -0.477 e. The third-order valence-electron chi connectivity index (χ3n) is 2.93. The standard InChI is InChI=1S/C9H14O8/c1-9(8(13)14)15-2-3-6(17-9)4(10)5(11)7(12)16-3/h3-7,10-12H,2H2,1H3,(H,13,14)/t3-,4+,5-,6-,7+,9-/m0/s1. The van der Waals surface area contributed by atoms with Gasteiger partial charge in [0.05, 0.1) is 6.61 Å². The molecule has 8 nitrogen and oxygen atoms in total. The van der Waals surface area contributed by atoms with Crippen molar-refractivity contribution in [2.75, 3.05) is 6.61 Å². The van der Waals surface area contributed by atoms with Crippen molar-refractivity contribution in [2.24, 2.45) is 0 Å². The van der Waals surface area contributed by atoms with Crippen molar-refractivity contribution >= 4 is 5.97 Å². The Morgan fingerprint density at radius 2 is 1.94 bits per heavy atom. The van der Waals surface area contributed by atoms with Gasteiger partial charge in [-0.25, -0.2) is 4.79 Å². The highest BCUT2D eigenvalue weighted by Crippen LogP contribution is 2.32. The van der Waals surface area contributed by atoms with Gasteiger partial charge in [-0.2, -0.15) is 0 Å². The molecule has 2 fully saturated rings. The van der Waals surface area contributed by atoms with Crippen molar-refractivity contribution < 1.29 is 39.4 Å². The van der Waals surface area contributed by atoms with E-state index in [2.05, 4.69) is 0 Å². The quantitative estimate of drug-likeness (QED) is 0.407. The van der Waals surface area contributed by atoms with Crippen molar-refractivity contribution in [3.8, 4) is 0 Å². The minimum atomic E-state index is -1.90. The van der Waals surface area contributed by atoms with Crippen LogP contribution in [-0.2, 0) is 19.0 Å². The zero-order valence-corrected chi connectivity index (χ0v) is 9.02. The number of fused-ring (bicyclic) bond motifs is 1.